The van der Waals surface area contributed by atoms with Gasteiger partial charge in [-0.25, -0.2) is 13.1 Å². The molecule has 100 valence electrons. The van der Waals surface area contributed by atoms with Gasteiger partial charge in [0.25, 0.3) is 0 Å². The third-order valence-corrected chi connectivity index (χ3v) is 4.71. The zero-order valence-electron chi connectivity index (χ0n) is 10.3. The van der Waals surface area contributed by atoms with Crippen molar-refractivity contribution in [1.82, 2.24) is 4.72 Å². The van der Waals surface area contributed by atoms with Crippen LogP contribution in [0.3, 0.4) is 0 Å². The molecule has 1 aromatic rings. The molecule has 2 rings (SSSR count). The monoisotopic (exact) mass is 270 g/mol. The summed E-state index contributed by atoms with van der Waals surface area (Å²) in [6.45, 7) is 2.51. The molecular weight excluding hydrogens is 252 g/mol. The maximum atomic E-state index is 12.2. The van der Waals surface area contributed by atoms with E-state index in [2.05, 4.69) is 4.72 Å². The average Bonchev–Trinajstić information content (AvgIpc) is 2.82. The molecule has 5 nitrogen and oxygen atoms in total. The minimum Gasteiger partial charge on any atom is -0.398 e. The zero-order valence-corrected chi connectivity index (χ0v) is 11.1. The van der Waals surface area contributed by atoms with Gasteiger partial charge in [-0.3, -0.25) is 0 Å². The molecule has 1 aliphatic heterocycles. The number of hydrogen-bond donors (Lipinski definition) is 2. The summed E-state index contributed by atoms with van der Waals surface area (Å²) in [5, 5.41) is 0. The second-order valence-electron chi connectivity index (χ2n) is 4.50. The molecular formula is C12H18N2O3S. The first kappa shape index (κ1) is 13.3. The minimum absolute atomic E-state index is 0.0512. The van der Waals surface area contributed by atoms with E-state index in [1.807, 2.05) is 6.92 Å². The number of hydrogen-bond acceptors (Lipinski definition) is 4. The van der Waals surface area contributed by atoms with Gasteiger partial charge in [-0.05, 0) is 31.9 Å². The first-order valence-electron chi connectivity index (χ1n) is 5.99. The van der Waals surface area contributed by atoms with Gasteiger partial charge in [-0.15, -0.1) is 0 Å². The molecule has 0 spiro atoms. The van der Waals surface area contributed by atoms with Crippen LogP contribution in [0.2, 0.25) is 0 Å². The standard InChI is InChI=1S/C12H18N2O3S/c1-9(11-6-4-8-17-11)14-18(15,16)12-7-3-2-5-10(12)13/h2-3,5,7,9,11,14H,4,6,8,13H2,1H3. The molecule has 2 atom stereocenters. The number of benzene rings is 1. The largest absolute Gasteiger partial charge is 0.398 e. The number of sulfonamides is 1. The van der Waals surface area contributed by atoms with Gasteiger partial charge in [-0.1, -0.05) is 12.1 Å². The van der Waals surface area contributed by atoms with Crippen molar-refractivity contribution in [3.63, 3.8) is 0 Å². The highest BCUT2D eigenvalue weighted by Gasteiger charge is 2.27. The van der Waals surface area contributed by atoms with Crippen molar-refractivity contribution < 1.29 is 13.2 Å². The Morgan fingerprint density at radius 1 is 1.44 bits per heavy atom. The van der Waals surface area contributed by atoms with Gasteiger partial charge in [0, 0.05) is 12.6 Å². The Morgan fingerprint density at radius 3 is 2.78 bits per heavy atom. The molecule has 0 aromatic heterocycles. The van der Waals surface area contributed by atoms with E-state index in [1.54, 1.807) is 18.2 Å². The summed E-state index contributed by atoms with van der Waals surface area (Å²) in [5.74, 6) is 0. The maximum Gasteiger partial charge on any atom is 0.242 e. The van der Waals surface area contributed by atoms with E-state index in [-0.39, 0.29) is 22.7 Å². The molecule has 0 amide bonds. The molecule has 1 aromatic carbocycles. The van der Waals surface area contributed by atoms with E-state index < -0.39 is 10.0 Å². The summed E-state index contributed by atoms with van der Waals surface area (Å²) in [5.41, 5.74) is 5.94. The van der Waals surface area contributed by atoms with Crippen LogP contribution in [0.4, 0.5) is 5.69 Å². The van der Waals surface area contributed by atoms with Gasteiger partial charge in [0.2, 0.25) is 10.0 Å². The highest BCUT2D eigenvalue weighted by molar-refractivity contribution is 7.89. The van der Waals surface area contributed by atoms with Gasteiger partial charge >= 0.3 is 0 Å². The Balaban J connectivity index is 2.14. The van der Waals surface area contributed by atoms with Gasteiger partial charge < -0.3 is 10.5 Å². The summed E-state index contributed by atoms with van der Waals surface area (Å²) in [7, 11) is -3.58. The number of ether oxygens (including phenoxy) is 1. The minimum atomic E-state index is -3.58. The number of nitrogens with two attached hydrogens (primary N) is 1. The van der Waals surface area contributed by atoms with Crippen molar-refractivity contribution in [3.05, 3.63) is 24.3 Å². The lowest BCUT2D eigenvalue weighted by atomic mass is 10.1. The van der Waals surface area contributed by atoms with Crippen LogP contribution in [0.1, 0.15) is 19.8 Å². The highest BCUT2D eigenvalue weighted by atomic mass is 32.2. The van der Waals surface area contributed by atoms with Crippen molar-refractivity contribution in [2.75, 3.05) is 12.3 Å². The molecule has 1 saturated heterocycles. The number of rotatable bonds is 4. The predicted molar refractivity (Wildman–Crippen MR) is 69.6 cm³/mol. The molecule has 2 unspecified atom stereocenters. The molecule has 1 aliphatic rings. The van der Waals surface area contributed by atoms with Gasteiger partial charge in [0.05, 0.1) is 11.8 Å². The van der Waals surface area contributed by atoms with E-state index in [0.29, 0.717) is 6.61 Å². The van der Waals surface area contributed by atoms with Crippen LogP contribution in [0.5, 0.6) is 0 Å². The van der Waals surface area contributed by atoms with Crippen molar-refractivity contribution in [1.29, 1.82) is 0 Å². The smallest absolute Gasteiger partial charge is 0.242 e. The normalized spacial score (nSPS) is 21.9. The first-order valence-corrected chi connectivity index (χ1v) is 7.47. The Hall–Kier alpha value is -1.11. The van der Waals surface area contributed by atoms with Gasteiger partial charge in [0.15, 0.2) is 0 Å². The zero-order chi connectivity index (χ0) is 13.2. The van der Waals surface area contributed by atoms with Gasteiger partial charge in [0.1, 0.15) is 4.90 Å². The Labute approximate surface area is 107 Å². The highest BCUT2D eigenvalue weighted by Crippen LogP contribution is 2.20. The van der Waals surface area contributed by atoms with Crippen molar-refractivity contribution in [2.45, 2.75) is 36.8 Å². The van der Waals surface area contributed by atoms with Crippen LogP contribution in [0.15, 0.2) is 29.2 Å². The van der Waals surface area contributed by atoms with Crippen LogP contribution in [-0.4, -0.2) is 27.2 Å². The third kappa shape index (κ3) is 2.82. The Morgan fingerprint density at radius 2 is 2.17 bits per heavy atom. The van der Waals surface area contributed by atoms with E-state index >= 15 is 0 Å². The quantitative estimate of drug-likeness (QED) is 0.803. The molecule has 18 heavy (non-hydrogen) atoms. The average molecular weight is 270 g/mol. The van der Waals surface area contributed by atoms with Crippen LogP contribution >= 0.6 is 0 Å². The summed E-state index contributed by atoms with van der Waals surface area (Å²) < 4.78 is 32.4. The van der Waals surface area contributed by atoms with Crippen LogP contribution < -0.4 is 10.5 Å². The number of anilines is 1. The molecule has 6 heteroatoms. The van der Waals surface area contributed by atoms with Crippen molar-refractivity contribution in [2.24, 2.45) is 0 Å². The van der Waals surface area contributed by atoms with E-state index in [9.17, 15) is 8.42 Å². The predicted octanol–water partition coefficient (Wildman–Crippen LogP) is 1.11. The molecule has 0 aliphatic carbocycles. The lowest BCUT2D eigenvalue weighted by Gasteiger charge is -2.20. The van der Waals surface area contributed by atoms with Gasteiger partial charge in [-0.2, -0.15) is 0 Å². The Bertz CT molecular complexity index is 510. The second-order valence-corrected chi connectivity index (χ2v) is 6.18. The third-order valence-electron chi connectivity index (χ3n) is 3.07. The second kappa shape index (κ2) is 5.26. The molecule has 0 bridgehead atoms. The van der Waals surface area contributed by atoms with Crippen molar-refractivity contribution in [3.8, 4) is 0 Å². The van der Waals surface area contributed by atoms with Crippen molar-refractivity contribution >= 4 is 15.7 Å². The lowest BCUT2D eigenvalue weighted by Crippen LogP contribution is -2.40. The maximum absolute atomic E-state index is 12.2. The molecule has 1 heterocycles. The van der Waals surface area contributed by atoms with Crippen LogP contribution in [-0.2, 0) is 14.8 Å². The summed E-state index contributed by atoms with van der Waals surface area (Å²) >= 11 is 0. The fourth-order valence-corrected chi connectivity index (χ4v) is 3.51. The molecule has 1 fully saturated rings. The van der Waals surface area contributed by atoms with Crippen LogP contribution in [0.25, 0.3) is 0 Å². The fraction of sp³-hybridized carbons (Fsp3) is 0.500. The van der Waals surface area contributed by atoms with E-state index in [4.69, 9.17) is 10.5 Å². The number of nitrogens with one attached hydrogen (secondary N) is 1. The fourth-order valence-electron chi connectivity index (χ4n) is 2.11. The lowest BCUT2D eigenvalue weighted by molar-refractivity contribution is 0.0902. The first-order chi connectivity index (χ1) is 8.50. The number of nitrogen functional groups attached to an aromatic ring is 1. The number of para-hydroxylation sites is 1. The molecule has 3 N–H and O–H groups in total. The summed E-state index contributed by atoms with van der Waals surface area (Å²) in [4.78, 5) is 0.120. The molecule has 0 saturated carbocycles. The van der Waals surface area contributed by atoms with E-state index in [1.165, 1.54) is 6.07 Å². The van der Waals surface area contributed by atoms with E-state index in [0.717, 1.165) is 12.8 Å². The topological polar surface area (TPSA) is 81.4 Å². The summed E-state index contributed by atoms with van der Waals surface area (Å²) in [6, 6.07) is 6.18. The van der Waals surface area contributed by atoms with Crippen LogP contribution in [0, 0.1) is 0 Å². The molecule has 0 radical (unpaired) electrons. The summed E-state index contributed by atoms with van der Waals surface area (Å²) in [6.07, 6.45) is 1.81. The Kier molecular flexibility index (Phi) is 3.89. The SMILES string of the molecule is CC(NS(=O)(=O)c1ccccc1N)C1CCCO1.